The third-order valence-corrected chi connectivity index (χ3v) is 7.15. The van der Waals surface area contributed by atoms with Crippen LogP contribution in [0.25, 0.3) is 0 Å². The molecule has 1 aliphatic heterocycles. The highest BCUT2D eigenvalue weighted by Gasteiger charge is 2.18. The van der Waals surface area contributed by atoms with Crippen molar-refractivity contribution < 1.29 is 14.3 Å². The first-order valence-electron chi connectivity index (χ1n) is 11.7. The molecule has 0 atom stereocenters. The number of thiophene rings is 1. The van der Waals surface area contributed by atoms with Gasteiger partial charge in [-0.3, -0.25) is 9.69 Å². The maximum atomic E-state index is 12.2. The van der Waals surface area contributed by atoms with Crippen LogP contribution in [0.3, 0.4) is 0 Å². The van der Waals surface area contributed by atoms with E-state index in [1.165, 1.54) is 16.9 Å². The van der Waals surface area contributed by atoms with Gasteiger partial charge in [0, 0.05) is 49.0 Å². The molecule has 1 saturated heterocycles. The zero-order valence-corrected chi connectivity index (χ0v) is 20.6. The van der Waals surface area contributed by atoms with Crippen LogP contribution in [-0.4, -0.2) is 49.6 Å². The lowest BCUT2D eigenvalue weighted by molar-refractivity contribution is -0.119. The van der Waals surface area contributed by atoms with Gasteiger partial charge in [0.05, 0.1) is 0 Å². The number of hydrogen-bond donors (Lipinski definition) is 1. The first kappa shape index (κ1) is 24.0. The van der Waals surface area contributed by atoms with Crippen LogP contribution < -0.4 is 10.2 Å². The van der Waals surface area contributed by atoms with E-state index in [-0.39, 0.29) is 12.5 Å². The number of nitrogens with one attached hydrogen (secondary N) is 1. The zero-order valence-electron chi connectivity index (χ0n) is 19.8. The van der Waals surface area contributed by atoms with Crippen LogP contribution in [0.1, 0.15) is 32.6 Å². The van der Waals surface area contributed by atoms with Gasteiger partial charge < -0.3 is 15.0 Å². The molecule has 4 rings (SSSR count). The number of esters is 1. The van der Waals surface area contributed by atoms with Crippen LogP contribution in [0, 0.1) is 6.92 Å². The Kier molecular flexibility index (Phi) is 7.98. The lowest BCUT2D eigenvalue weighted by Gasteiger charge is -2.36. The second-order valence-corrected chi connectivity index (χ2v) is 9.72. The fraction of sp³-hybridized carbons (Fsp3) is 0.333. The summed E-state index contributed by atoms with van der Waals surface area (Å²) >= 11 is 1.40. The van der Waals surface area contributed by atoms with Gasteiger partial charge in [0.2, 0.25) is 0 Å². The van der Waals surface area contributed by atoms with E-state index in [0.717, 1.165) is 55.3 Å². The molecule has 2 aromatic carbocycles. The van der Waals surface area contributed by atoms with E-state index >= 15 is 0 Å². The second-order valence-electron chi connectivity index (χ2n) is 8.47. The van der Waals surface area contributed by atoms with Crippen molar-refractivity contribution in [2.45, 2.75) is 26.8 Å². The molecular formula is C27H31N3O3S. The Bertz CT molecular complexity index is 1100. The third-order valence-electron chi connectivity index (χ3n) is 6.07. The highest BCUT2D eigenvalue weighted by Crippen LogP contribution is 2.23. The fourth-order valence-electron chi connectivity index (χ4n) is 4.13. The van der Waals surface area contributed by atoms with Gasteiger partial charge in [-0.2, -0.15) is 0 Å². The van der Waals surface area contributed by atoms with E-state index in [1.54, 1.807) is 0 Å². The second kappa shape index (κ2) is 11.3. The smallest absolute Gasteiger partial charge is 0.348 e. The molecule has 7 heteroatoms. The van der Waals surface area contributed by atoms with E-state index in [4.69, 9.17) is 4.74 Å². The number of carbonyl (C=O) groups excluding carboxylic acids is 2. The van der Waals surface area contributed by atoms with E-state index in [1.807, 2.05) is 43.3 Å². The quantitative estimate of drug-likeness (QED) is 0.475. The summed E-state index contributed by atoms with van der Waals surface area (Å²) < 4.78 is 5.19. The van der Waals surface area contributed by atoms with Crippen molar-refractivity contribution in [3.8, 4) is 0 Å². The minimum Gasteiger partial charge on any atom is -0.451 e. The van der Waals surface area contributed by atoms with Crippen molar-refractivity contribution >= 4 is 34.6 Å². The normalized spacial score (nSPS) is 14.1. The molecule has 0 spiro atoms. The predicted molar refractivity (Wildman–Crippen MR) is 138 cm³/mol. The van der Waals surface area contributed by atoms with Crippen molar-refractivity contribution in [2.24, 2.45) is 0 Å². The Morgan fingerprint density at radius 1 is 1.00 bits per heavy atom. The molecule has 1 aromatic heterocycles. The topological polar surface area (TPSA) is 61.9 Å². The molecule has 0 bridgehead atoms. The molecule has 178 valence electrons. The minimum atomic E-state index is -0.454. The van der Waals surface area contributed by atoms with Gasteiger partial charge in [0.1, 0.15) is 4.88 Å². The molecule has 2 heterocycles. The summed E-state index contributed by atoms with van der Waals surface area (Å²) in [6.45, 7) is 8.69. The van der Waals surface area contributed by atoms with Crippen LogP contribution in [-0.2, 0) is 22.5 Å². The average Bonchev–Trinajstić information content (AvgIpc) is 3.25. The Labute approximate surface area is 205 Å². The number of nitrogens with zero attached hydrogens (tertiary/aromatic N) is 2. The summed E-state index contributed by atoms with van der Waals surface area (Å²) in [5.74, 6) is -0.802. The molecule has 34 heavy (non-hydrogen) atoms. The number of hydrogen-bond acceptors (Lipinski definition) is 6. The summed E-state index contributed by atoms with van der Waals surface area (Å²) in [6.07, 6.45) is 0.871. The Morgan fingerprint density at radius 2 is 1.71 bits per heavy atom. The fourth-order valence-corrected chi connectivity index (χ4v) is 5.14. The van der Waals surface area contributed by atoms with Gasteiger partial charge in [-0.25, -0.2) is 4.79 Å². The molecule has 0 saturated carbocycles. The number of benzene rings is 2. The van der Waals surface area contributed by atoms with E-state index < -0.39 is 5.97 Å². The first-order valence-corrected chi connectivity index (χ1v) is 12.5. The number of ether oxygens (including phenoxy) is 1. The Hall–Kier alpha value is -3.16. The van der Waals surface area contributed by atoms with Gasteiger partial charge >= 0.3 is 5.97 Å². The number of piperazine rings is 1. The lowest BCUT2D eigenvalue weighted by atomic mass is 10.2. The highest BCUT2D eigenvalue weighted by molar-refractivity contribution is 7.14. The van der Waals surface area contributed by atoms with Crippen molar-refractivity contribution in [1.29, 1.82) is 0 Å². The summed E-state index contributed by atoms with van der Waals surface area (Å²) in [5.41, 5.74) is 4.31. The molecule has 1 amide bonds. The number of amides is 1. The number of anilines is 2. The molecular weight excluding hydrogens is 446 g/mol. The van der Waals surface area contributed by atoms with E-state index in [2.05, 4.69) is 46.3 Å². The van der Waals surface area contributed by atoms with Gasteiger partial charge in [0.15, 0.2) is 6.61 Å². The Morgan fingerprint density at radius 3 is 2.35 bits per heavy atom. The average molecular weight is 478 g/mol. The van der Waals surface area contributed by atoms with Crippen molar-refractivity contribution in [3.05, 3.63) is 81.5 Å². The molecule has 3 aromatic rings. The summed E-state index contributed by atoms with van der Waals surface area (Å²) in [5, 5.41) is 2.80. The van der Waals surface area contributed by atoms with Crippen LogP contribution in [0.15, 0.2) is 60.7 Å². The van der Waals surface area contributed by atoms with Crippen molar-refractivity contribution in [2.75, 3.05) is 43.0 Å². The van der Waals surface area contributed by atoms with Crippen LogP contribution in [0.4, 0.5) is 11.4 Å². The van der Waals surface area contributed by atoms with Crippen LogP contribution >= 0.6 is 11.3 Å². The highest BCUT2D eigenvalue weighted by atomic mass is 32.1. The van der Waals surface area contributed by atoms with Gasteiger partial charge in [-0.05, 0) is 54.8 Å². The maximum absolute atomic E-state index is 12.2. The summed E-state index contributed by atoms with van der Waals surface area (Å²) in [4.78, 5) is 31.0. The number of carbonyl (C=O) groups is 2. The standard InChI is InChI=1S/C27H31N3O3S/c1-3-22-17-25(34-20(22)2)27(32)33-19-26(31)28-23-9-11-24(12-10-23)30-15-13-29(14-16-30)18-21-7-5-4-6-8-21/h4-12,17H,3,13-16,18-19H2,1-2H3,(H,28,31). The molecule has 0 aliphatic carbocycles. The largest absolute Gasteiger partial charge is 0.451 e. The summed E-state index contributed by atoms with van der Waals surface area (Å²) in [7, 11) is 0. The first-order chi connectivity index (χ1) is 16.5. The number of aryl methyl sites for hydroxylation is 2. The number of rotatable bonds is 8. The van der Waals surface area contributed by atoms with Crippen molar-refractivity contribution in [1.82, 2.24) is 4.90 Å². The SMILES string of the molecule is CCc1cc(C(=O)OCC(=O)Nc2ccc(N3CCN(Cc4ccccc4)CC3)cc2)sc1C. The van der Waals surface area contributed by atoms with Crippen LogP contribution in [0.5, 0.6) is 0 Å². The minimum absolute atomic E-state index is 0.303. The Balaban J connectivity index is 1.22. The lowest BCUT2D eigenvalue weighted by Crippen LogP contribution is -2.45. The van der Waals surface area contributed by atoms with Gasteiger partial charge in [-0.15, -0.1) is 11.3 Å². The molecule has 6 nitrogen and oxygen atoms in total. The zero-order chi connectivity index (χ0) is 23.9. The van der Waals surface area contributed by atoms with Gasteiger partial charge in [0.25, 0.3) is 5.91 Å². The monoisotopic (exact) mass is 477 g/mol. The van der Waals surface area contributed by atoms with Crippen molar-refractivity contribution in [3.63, 3.8) is 0 Å². The molecule has 1 aliphatic rings. The van der Waals surface area contributed by atoms with Gasteiger partial charge in [-0.1, -0.05) is 37.3 Å². The van der Waals surface area contributed by atoms with E-state index in [0.29, 0.717) is 10.6 Å². The molecule has 0 radical (unpaired) electrons. The molecule has 1 fully saturated rings. The predicted octanol–water partition coefficient (Wildman–Crippen LogP) is 4.74. The summed E-state index contributed by atoms with van der Waals surface area (Å²) in [6, 6.07) is 20.2. The maximum Gasteiger partial charge on any atom is 0.348 e. The van der Waals surface area contributed by atoms with E-state index in [9.17, 15) is 9.59 Å². The molecule has 1 N–H and O–H groups in total. The molecule has 0 unspecified atom stereocenters. The van der Waals surface area contributed by atoms with Crippen LogP contribution in [0.2, 0.25) is 0 Å². The third kappa shape index (κ3) is 6.24.